The van der Waals surface area contributed by atoms with E-state index in [0.717, 1.165) is 32.5 Å². The van der Waals surface area contributed by atoms with Crippen molar-refractivity contribution in [2.75, 3.05) is 26.2 Å². The fourth-order valence-electron chi connectivity index (χ4n) is 2.83. The monoisotopic (exact) mass is 226 g/mol. The van der Waals surface area contributed by atoms with Crippen LogP contribution in [-0.4, -0.2) is 59.1 Å². The van der Waals surface area contributed by atoms with Gasteiger partial charge in [0.25, 0.3) is 0 Å². The lowest BCUT2D eigenvalue weighted by atomic mass is 10.1. The lowest BCUT2D eigenvalue weighted by Gasteiger charge is -2.25. The van der Waals surface area contributed by atoms with Crippen molar-refractivity contribution in [3.8, 4) is 0 Å². The second kappa shape index (κ2) is 4.72. The van der Waals surface area contributed by atoms with E-state index in [0.29, 0.717) is 12.0 Å². The molecule has 0 aromatic rings. The van der Waals surface area contributed by atoms with Crippen molar-refractivity contribution >= 4 is 5.91 Å². The van der Waals surface area contributed by atoms with Gasteiger partial charge < -0.3 is 10.0 Å². The van der Waals surface area contributed by atoms with Crippen molar-refractivity contribution in [3.05, 3.63) is 0 Å². The molecule has 0 aromatic carbocycles. The second-order valence-electron chi connectivity index (χ2n) is 5.26. The Kier molecular flexibility index (Phi) is 3.50. The molecule has 2 heterocycles. The lowest BCUT2D eigenvalue weighted by molar-refractivity contribution is -0.133. The predicted molar refractivity (Wildman–Crippen MR) is 62.0 cm³/mol. The van der Waals surface area contributed by atoms with Crippen LogP contribution in [0.1, 0.15) is 26.7 Å². The number of aliphatic hydroxyl groups is 1. The highest BCUT2D eigenvalue weighted by Gasteiger charge is 2.39. The minimum Gasteiger partial charge on any atom is -0.396 e. The highest BCUT2D eigenvalue weighted by molar-refractivity contribution is 5.84. The number of nitrogens with zero attached hydrogens (tertiary/aromatic N) is 2. The average molecular weight is 226 g/mol. The number of carbonyl (C=O) groups is 1. The first-order valence-corrected chi connectivity index (χ1v) is 6.29. The topological polar surface area (TPSA) is 43.8 Å². The normalized spacial score (nSPS) is 32.0. The third-order valence-corrected chi connectivity index (χ3v) is 3.85. The van der Waals surface area contributed by atoms with Crippen LogP contribution in [0.2, 0.25) is 0 Å². The molecule has 16 heavy (non-hydrogen) atoms. The van der Waals surface area contributed by atoms with Crippen molar-refractivity contribution in [3.63, 3.8) is 0 Å². The summed E-state index contributed by atoms with van der Waals surface area (Å²) in [5.74, 6) is 0.662. The maximum Gasteiger partial charge on any atom is 0.240 e. The van der Waals surface area contributed by atoms with Crippen molar-refractivity contribution in [2.45, 2.75) is 38.8 Å². The molecule has 0 aliphatic carbocycles. The van der Waals surface area contributed by atoms with E-state index in [1.165, 1.54) is 0 Å². The molecule has 2 fully saturated rings. The Morgan fingerprint density at radius 1 is 1.38 bits per heavy atom. The van der Waals surface area contributed by atoms with E-state index in [2.05, 4.69) is 18.7 Å². The first-order valence-electron chi connectivity index (χ1n) is 6.29. The van der Waals surface area contributed by atoms with Crippen LogP contribution in [0.5, 0.6) is 0 Å². The molecule has 0 spiro atoms. The van der Waals surface area contributed by atoms with Gasteiger partial charge in [0.2, 0.25) is 5.91 Å². The summed E-state index contributed by atoms with van der Waals surface area (Å²) in [6.45, 7) is 7.14. The number of aliphatic hydroxyl groups excluding tert-OH is 1. The summed E-state index contributed by atoms with van der Waals surface area (Å²) in [6.07, 6.45) is 1.98. The van der Waals surface area contributed by atoms with Gasteiger partial charge >= 0.3 is 0 Å². The molecule has 4 nitrogen and oxygen atoms in total. The van der Waals surface area contributed by atoms with Crippen LogP contribution in [0.3, 0.4) is 0 Å². The van der Waals surface area contributed by atoms with Gasteiger partial charge in [-0.15, -0.1) is 0 Å². The van der Waals surface area contributed by atoms with Gasteiger partial charge in [-0.25, -0.2) is 0 Å². The van der Waals surface area contributed by atoms with E-state index in [9.17, 15) is 4.79 Å². The minimum atomic E-state index is 0.0824. The Balaban J connectivity index is 1.95. The van der Waals surface area contributed by atoms with E-state index in [1.807, 2.05) is 4.90 Å². The first-order chi connectivity index (χ1) is 7.63. The van der Waals surface area contributed by atoms with Crippen molar-refractivity contribution < 1.29 is 9.90 Å². The summed E-state index contributed by atoms with van der Waals surface area (Å²) < 4.78 is 0. The van der Waals surface area contributed by atoms with E-state index >= 15 is 0 Å². The molecule has 0 radical (unpaired) electrons. The van der Waals surface area contributed by atoms with E-state index < -0.39 is 0 Å². The molecule has 1 N–H and O–H groups in total. The molecule has 4 heteroatoms. The maximum atomic E-state index is 12.2. The van der Waals surface area contributed by atoms with Crippen LogP contribution in [0, 0.1) is 5.92 Å². The van der Waals surface area contributed by atoms with Gasteiger partial charge in [-0.3, -0.25) is 9.69 Å². The minimum absolute atomic E-state index is 0.0824. The first kappa shape index (κ1) is 11.9. The Hall–Kier alpha value is -0.610. The molecule has 0 aromatic heterocycles. The van der Waals surface area contributed by atoms with Crippen LogP contribution >= 0.6 is 0 Å². The summed E-state index contributed by atoms with van der Waals surface area (Å²) in [7, 11) is 0. The number of carbonyl (C=O) groups excluding carboxylic acids is 1. The summed E-state index contributed by atoms with van der Waals surface area (Å²) in [4.78, 5) is 16.4. The number of rotatable bonds is 3. The van der Waals surface area contributed by atoms with Gasteiger partial charge in [-0.1, -0.05) is 0 Å². The summed E-state index contributed by atoms with van der Waals surface area (Å²) in [6, 6.07) is 0.396. The number of hydrogen-bond acceptors (Lipinski definition) is 3. The van der Waals surface area contributed by atoms with Gasteiger partial charge in [-0.05, 0) is 39.2 Å². The standard InChI is InChI=1S/C12H22N2O2/c1-9(2)14-6-4-11(12(14)16)13-5-3-10(7-13)8-15/h9-11,15H,3-8H2,1-2H3. The molecule has 2 unspecified atom stereocenters. The maximum absolute atomic E-state index is 12.2. The Bertz CT molecular complexity index is 268. The zero-order valence-electron chi connectivity index (χ0n) is 10.2. The Labute approximate surface area is 97.2 Å². The summed E-state index contributed by atoms with van der Waals surface area (Å²) in [5.41, 5.74) is 0. The largest absolute Gasteiger partial charge is 0.396 e. The Morgan fingerprint density at radius 3 is 2.62 bits per heavy atom. The molecule has 2 aliphatic heterocycles. The van der Waals surface area contributed by atoms with Crippen LogP contribution in [0.25, 0.3) is 0 Å². The van der Waals surface area contributed by atoms with Crippen molar-refractivity contribution in [2.24, 2.45) is 5.92 Å². The fourth-order valence-corrected chi connectivity index (χ4v) is 2.83. The van der Waals surface area contributed by atoms with Crippen LogP contribution in [0.15, 0.2) is 0 Å². The van der Waals surface area contributed by atoms with Crippen molar-refractivity contribution in [1.29, 1.82) is 0 Å². The van der Waals surface area contributed by atoms with E-state index in [1.54, 1.807) is 0 Å². The van der Waals surface area contributed by atoms with Crippen LogP contribution in [0.4, 0.5) is 0 Å². The lowest BCUT2D eigenvalue weighted by Crippen LogP contribution is -2.42. The molecule has 2 aliphatic rings. The second-order valence-corrected chi connectivity index (χ2v) is 5.26. The molecular weight excluding hydrogens is 204 g/mol. The molecule has 2 rings (SSSR count). The van der Waals surface area contributed by atoms with Gasteiger partial charge in [0.05, 0.1) is 6.04 Å². The molecule has 92 valence electrons. The zero-order chi connectivity index (χ0) is 11.7. The number of likely N-dealkylation sites (tertiary alicyclic amines) is 2. The SMILES string of the molecule is CC(C)N1CCC(N2CCC(CO)C2)C1=O. The third kappa shape index (κ3) is 2.09. The van der Waals surface area contributed by atoms with Gasteiger partial charge in [0, 0.05) is 25.7 Å². The quantitative estimate of drug-likeness (QED) is 0.753. The van der Waals surface area contributed by atoms with E-state index in [-0.39, 0.29) is 18.6 Å². The molecule has 2 atom stereocenters. The molecule has 1 amide bonds. The van der Waals surface area contributed by atoms with Crippen LogP contribution < -0.4 is 0 Å². The van der Waals surface area contributed by atoms with Gasteiger partial charge in [0.1, 0.15) is 0 Å². The van der Waals surface area contributed by atoms with Gasteiger partial charge in [0.15, 0.2) is 0 Å². The van der Waals surface area contributed by atoms with Crippen molar-refractivity contribution in [1.82, 2.24) is 9.80 Å². The third-order valence-electron chi connectivity index (χ3n) is 3.85. The molecule has 0 saturated carbocycles. The summed E-state index contributed by atoms with van der Waals surface area (Å²) in [5, 5.41) is 9.11. The fraction of sp³-hybridized carbons (Fsp3) is 0.917. The Morgan fingerprint density at radius 2 is 2.12 bits per heavy atom. The molecule has 0 bridgehead atoms. The van der Waals surface area contributed by atoms with Gasteiger partial charge in [-0.2, -0.15) is 0 Å². The predicted octanol–water partition coefficient (Wildman–Crippen LogP) is 0.310. The molecule has 2 saturated heterocycles. The molecular formula is C12H22N2O2. The van der Waals surface area contributed by atoms with E-state index in [4.69, 9.17) is 5.11 Å². The average Bonchev–Trinajstić information content (AvgIpc) is 2.83. The summed E-state index contributed by atoms with van der Waals surface area (Å²) >= 11 is 0. The number of hydrogen-bond donors (Lipinski definition) is 1. The number of amides is 1. The highest BCUT2D eigenvalue weighted by Crippen LogP contribution is 2.25. The smallest absolute Gasteiger partial charge is 0.240 e. The highest BCUT2D eigenvalue weighted by atomic mass is 16.3. The van der Waals surface area contributed by atoms with Crippen LogP contribution in [-0.2, 0) is 4.79 Å². The zero-order valence-corrected chi connectivity index (χ0v) is 10.2.